The average molecular weight is 415 g/mol. The zero-order valence-electron chi connectivity index (χ0n) is 14.9. The van der Waals surface area contributed by atoms with E-state index in [-0.39, 0.29) is 6.04 Å². The lowest BCUT2D eigenvalue weighted by molar-refractivity contribution is 0.420. The second-order valence-corrected chi connectivity index (χ2v) is 7.96. The van der Waals surface area contributed by atoms with Gasteiger partial charge in [-0.25, -0.2) is 4.98 Å². The average Bonchev–Trinajstić information content (AvgIpc) is 2.59. The predicted molar refractivity (Wildman–Crippen MR) is 110 cm³/mol. The van der Waals surface area contributed by atoms with Crippen LogP contribution < -0.4 is 15.5 Å². The van der Waals surface area contributed by atoms with Crippen molar-refractivity contribution in [3.63, 3.8) is 0 Å². The summed E-state index contributed by atoms with van der Waals surface area (Å²) in [6.45, 7) is 8.05. The molecule has 2 N–H and O–H groups in total. The first-order valence-corrected chi connectivity index (χ1v) is 9.72. The number of halogens is 3. The highest BCUT2D eigenvalue weighted by atomic mass is 35.5. The number of piperazine rings is 1. The Labute approximate surface area is 169 Å². The summed E-state index contributed by atoms with van der Waals surface area (Å²) in [5.74, 6) is 1.26. The van der Waals surface area contributed by atoms with Gasteiger partial charge in [0.2, 0.25) is 5.95 Å². The molecule has 26 heavy (non-hydrogen) atoms. The minimum atomic E-state index is -0.0839. The van der Waals surface area contributed by atoms with Crippen molar-refractivity contribution in [2.24, 2.45) is 0 Å². The highest BCUT2D eigenvalue weighted by Gasteiger charge is 2.25. The van der Waals surface area contributed by atoms with Crippen LogP contribution in [0.1, 0.15) is 32.4 Å². The number of nitrogens with one attached hydrogen (secondary N) is 2. The van der Waals surface area contributed by atoms with Crippen LogP contribution in [0.3, 0.4) is 0 Å². The summed E-state index contributed by atoms with van der Waals surface area (Å²) >= 11 is 18.6. The molecule has 0 aliphatic carbocycles. The first-order chi connectivity index (χ1) is 12.3. The van der Waals surface area contributed by atoms with Crippen LogP contribution in [0.5, 0.6) is 0 Å². The number of hydrogen-bond donors (Lipinski definition) is 2. The van der Waals surface area contributed by atoms with E-state index in [4.69, 9.17) is 34.8 Å². The molecule has 1 aromatic carbocycles. The Morgan fingerprint density at radius 1 is 1.23 bits per heavy atom. The standard InChI is InChI=1S/C18H22Cl3N5/c1-10-9-26(11(2)7-22-10)18-23-8-16(21)17(25-18)24-12(3)14-5-4-13(19)6-15(14)20/h4-6,8,10-12,22H,7,9H2,1-3H3,(H,23,24,25)/t10-,11+,12-/m1/s1. The van der Waals surface area contributed by atoms with Gasteiger partial charge in [-0.2, -0.15) is 4.98 Å². The number of hydrogen-bond acceptors (Lipinski definition) is 5. The van der Waals surface area contributed by atoms with E-state index >= 15 is 0 Å². The monoisotopic (exact) mass is 413 g/mol. The Morgan fingerprint density at radius 2 is 2.00 bits per heavy atom. The van der Waals surface area contributed by atoms with Gasteiger partial charge in [-0.05, 0) is 38.5 Å². The molecule has 3 rings (SSSR count). The maximum Gasteiger partial charge on any atom is 0.227 e. The maximum atomic E-state index is 6.32. The molecule has 2 heterocycles. The van der Waals surface area contributed by atoms with Crippen molar-refractivity contribution in [3.8, 4) is 0 Å². The minimum absolute atomic E-state index is 0.0839. The molecule has 3 atom stereocenters. The Kier molecular flexibility index (Phi) is 6.13. The summed E-state index contributed by atoms with van der Waals surface area (Å²) in [6, 6.07) is 6.06. The maximum absolute atomic E-state index is 6.32. The van der Waals surface area contributed by atoms with Crippen LogP contribution in [0.4, 0.5) is 11.8 Å². The van der Waals surface area contributed by atoms with E-state index < -0.39 is 0 Å². The molecule has 140 valence electrons. The molecular weight excluding hydrogens is 393 g/mol. The number of aromatic nitrogens is 2. The summed E-state index contributed by atoms with van der Waals surface area (Å²) in [7, 11) is 0. The van der Waals surface area contributed by atoms with Crippen molar-refractivity contribution in [2.75, 3.05) is 23.3 Å². The van der Waals surface area contributed by atoms with Gasteiger partial charge in [0.1, 0.15) is 5.02 Å². The SMILES string of the molecule is C[C@@H]1CN(c2ncc(Cl)c(N[C@H](C)c3ccc(Cl)cc3Cl)n2)[C@@H](C)CN1. The van der Waals surface area contributed by atoms with E-state index in [1.807, 2.05) is 19.1 Å². The molecule has 1 fully saturated rings. The van der Waals surface area contributed by atoms with Crippen LogP contribution in [0.2, 0.25) is 15.1 Å². The lowest BCUT2D eigenvalue weighted by Crippen LogP contribution is -2.55. The third-order valence-corrected chi connectivity index (χ3v) is 5.37. The lowest BCUT2D eigenvalue weighted by atomic mass is 10.1. The van der Waals surface area contributed by atoms with Crippen molar-refractivity contribution in [1.82, 2.24) is 15.3 Å². The molecule has 0 amide bonds. The number of nitrogens with zero attached hydrogens (tertiary/aromatic N) is 3. The van der Waals surface area contributed by atoms with Crippen molar-refractivity contribution >= 4 is 46.6 Å². The van der Waals surface area contributed by atoms with Gasteiger partial charge in [0.25, 0.3) is 0 Å². The summed E-state index contributed by atoms with van der Waals surface area (Å²) in [4.78, 5) is 11.3. The lowest BCUT2D eigenvalue weighted by Gasteiger charge is -2.37. The van der Waals surface area contributed by atoms with Gasteiger partial charge in [0, 0.05) is 35.2 Å². The van der Waals surface area contributed by atoms with E-state index in [0.717, 1.165) is 18.7 Å². The van der Waals surface area contributed by atoms with Gasteiger partial charge in [-0.15, -0.1) is 0 Å². The summed E-state index contributed by atoms with van der Waals surface area (Å²) in [6.07, 6.45) is 1.64. The second kappa shape index (κ2) is 8.17. The highest BCUT2D eigenvalue weighted by molar-refractivity contribution is 6.35. The largest absolute Gasteiger partial charge is 0.362 e. The van der Waals surface area contributed by atoms with Gasteiger partial charge in [0.15, 0.2) is 5.82 Å². The van der Waals surface area contributed by atoms with Gasteiger partial charge in [-0.3, -0.25) is 0 Å². The van der Waals surface area contributed by atoms with Gasteiger partial charge in [-0.1, -0.05) is 40.9 Å². The normalized spacial score (nSPS) is 21.5. The predicted octanol–water partition coefficient (Wildman–Crippen LogP) is 4.80. The van der Waals surface area contributed by atoms with Crippen LogP contribution in [0.15, 0.2) is 24.4 Å². The summed E-state index contributed by atoms with van der Waals surface area (Å²) in [5, 5.41) is 8.48. The molecule has 2 aromatic rings. The van der Waals surface area contributed by atoms with Gasteiger partial charge >= 0.3 is 0 Å². The van der Waals surface area contributed by atoms with Crippen molar-refractivity contribution < 1.29 is 0 Å². The number of anilines is 2. The smallest absolute Gasteiger partial charge is 0.227 e. The Hall–Kier alpha value is -1.27. The molecular formula is C18H22Cl3N5. The number of rotatable bonds is 4. The van der Waals surface area contributed by atoms with Crippen LogP contribution in [-0.2, 0) is 0 Å². The van der Waals surface area contributed by atoms with E-state index in [1.165, 1.54) is 0 Å². The quantitative estimate of drug-likeness (QED) is 0.753. The third kappa shape index (κ3) is 4.34. The molecule has 0 saturated carbocycles. The molecule has 1 aliphatic heterocycles. The second-order valence-electron chi connectivity index (χ2n) is 6.71. The fraction of sp³-hybridized carbons (Fsp3) is 0.444. The molecule has 0 bridgehead atoms. The van der Waals surface area contributed by atoms with Gasteiger partial charge in [0.05, 0.1) is 12.2 Å². The van der Waals surface area contributed by atoms with E-state index in [1.54, 1.807) is 12.3 Å². The van der Waals surface area contributed by atoms with Crippen molar-refractivity contribution in [1.29, 1.82) is 0 Å². The molecule has 1 aliphatic rings. The van der Waals surface area contributed by atoms with Crippen molar-refractivity contribution in [3.05, 3.63) is 45.0 Å². The number of benzene rings is 1. The van der Waals surface area contributed by atoms with E-state index in [9.17, 15) is 0 Å². The van der Waals surface area contributed by atoms with Crippen LogP contribution in [0.25, 0.3) is 0 Å². The first-order valence-electron chi connectivity index (χ1n) is 8.59. The summed E-state index contributed by atoms with van der Waals surface area (Å²) < 4.78 is 0. The zero-order chi connectivity index (χ0) is 18.8. The summed E-state index contributed by atoms with van der Waals surface area (Å²) in [5.41, 5.74) is 0.927. The fourth-order valence-corrected chi connectivity index (χ4v) is 3.75. The minimum Gasteiger partial charge on any atom is -0.362 e. The van der Waals surface area contributed by atoms with Crippen LogP contribution in [-0.4, -0.2) is 35.1 Å². The molecule has 0 unspecified atom stereocenters. The van der Waals surface area contributed by atoms with Gasteiger partial charge < -0.3 is 15.5 Å². The Morgan fingerprint density at radius 3 is 2.73 bits per heavy atom. The topological polar surface area (TPSA) is 53.1 Å². The molecule has 1 saturated heterocycles. The van der Waals surface area contributed by atoms with E-state index in [0.29, 0.717) is 38.9 Å². The zero-order valence-corrected chi connectivity index (χ0v) is 17.2. The van der Waals surface area contributed by atoms with Crippen molar-refractivity contribution in [2.45, 2.75) is 38.9 Å². The molecule has 1 aromatic heterocycles. The highest BCUT2D eigenvalue weighted by Crippen LogP contribution is 2.31. The molecule has 8 heteroatoms. The van der Waals surface area contributed by atoms with Crippen LogP contribution >= 0.6 is 34.8 Å². The molecule has 0 radical (unpaired) electrons. The third-order valence-electron chi connectivity index (χ3n) is 4.53. The first kappa shape index (κ1) is 19.5. The fourth-order valence-electron chi connectivity index (χ4n) is 3.03. The van der Waals surface area contributed by atoms with E-state index in [2.05, 4.69) is 39.3 Å². The van der Waals surface area contributed by atoms with Crippen LogP contribution in [0, 0.1) is 0 Å². The Balaban J connectivity index is 1.83. The Bertz CT molecular complexity index is 785. The molecule has 5 nitrogen and oxygen atoms in total. The molecule has 0 spiro atoms.